The Balaban J connectivity index is 1.72. The number of rotatable bonds is 2. The van der Waals surface area contributed by atoms with Crippen molar-refractivity contribution in [1.29, 1.82) is 0 Å². The second kappa shape index (κ2) is 5.30. The van der Waals surface area contributed by atoms with Gasteiger partial charge in [-0.2, -0.15) is 10.1 Å². The Labute approximate surface area is 129 Å². The van der Waals surface area contributed by atoms with Gasteiger partial charge in [0.2, 0.25) is 5.95 Å². The quantitative estimate of drug-likeness (QED) is 0.782. The fourth-order valence-corrected chi connectivity index (χ4v) is 3.09. The molecule has 0 bridgehead atoms. The summed E-state index contributed by atoms with van der Waals surface area (Å²) in [5, 5.41) is 7.90. The van der Waals surface area contributed by atoms with E-state index in [4.69, 9.17) is 0 Å². The average Bonchev–Trinajstić information content (AvgIpc) is 3.04. The van der Waals surface area contributed by atoms with Crippen LogP contribution in [0.4, 0.5) is 5.95 Å². The van der Waals surface area contributed by atoms with Crippen molar-refractivity contribution in [2.24, 2.45) is 0 Å². The summed E-state index contributed by atoms with van der Waals surface area (Å²) < 4.78 is 1.99. The lowest BCUT2D eigenvalue weighted by molar-refractivity contribution is 0.431. The van der Waals surface area contributed by atoms with Crippen molar-refractivity contribution in [3.8, 4) is 0 Å². The topological polar surface area (TPSA) is 42.7 Å². The highest BCUT2D eigenvalue weighted by atomic mass is 15.4. The predicted octanol–water partition coefficient (Wildman–Crippen LogP) is 3.73. The Morgan fingerprint density at radius 1 is 1.00 bits per heavy atom. The zero-order valence-electron chi connectivity index (χ0n) is 12.5. The highest BCUT2D eigenvalue weighted by molar-refractivity contribution is 5.38. The van der Waals surface area contributed by atoms with Crippen molar-refractivity contribution < 1.29 is 0 Å². The molecule has 2 heterocycles. The summed E-state index contributed by atoms with van der Waals surface area (Å²) in [5.41, 5.74) is 3.84. The first-order valence-corrected chi connectivity index (χ1v) is 7.59. The molecule has 1 aromatic heterocycles. The maximum atomic E-state index is 4.40. The molecule has 2 aromatic carbocycles. The molecule has 0 spiro atoms. The van der Waals surface area contributed by atoms with Crippen molar-refractivity contribution >= 4 is 5.95 Å². The molecule has 1 aliphatic heterocycles. The second-order valence-electron chi connectivity index (χ2n) is 5.80. The molecule has 110 valence electrons. The third-order valence-electron chi connectivity index (χ3n) is 4.29. The molecule has 4 nitrogen and oxygen atoms in total. The zero-order valence-corrected chi connectivity index (χ0v) is 12.5. The van der Waals surface area contributed by atoms with Gasteiger partial charge in [-0.1, -0.05) is 60.2 Å². The molecular weight excluding hydrogens is 272 g/mol. The van der Waals surface area contributed by atoms with Gasteiger partial charge in [0.05, 0.1) is 12.1 Å². The smallest absolute Gasteiger partial charge is 0.222 e. The summed E-state index contributed by atoms with van der Waals surface area (Å²) in [6.07, 6.45) is 2.58. The molecule has 0 amide bonds. The van der Waals surface area contributed by atoms with E-state index >= 15 is 0 Å². The minimum Gasteiger partial charge on any atom is -0.348 e. The predicted molar refractivity (Wildman–Crippen MR) is 86.8 cm³/mol. The SMILES string of the molecule is Cc1ccc([C@H]2C[C@H](c3ccccc3)n3ncnc3N2)cc1. The van der Waals surface area contributed by atoms with Crippen molar-refractivity contribution in [2.75, 3.05) is 5.32 Å². The highest BCUT2D eigenvalue weighted by Gasteiger charge is 2.29. The van der Waals surface area contributed by atoms with E-state index in [0.717, 1.165) is 12.4 Å². The first-order chi connectivity index (χ1) is 10.8. The molecule has 4 rings (SSSR count). The number of benzene rings is 2. The lowest BCUT2D eigenvalue weighted by Gasteiger charge is -2.31. The van der Waals surface area contributed by atoms with E-state index in [9.17, 15) is 0 Å². The van der Waals surface area contributed by atoms with Crippen LogP contribution < -0.4 is 5.32 Å². The Kier molecular flexibility index (Phi) is 3.15. The molecule has 0 fully saturated rings. The largest absolute Gasteiger partial charge is 0.348 e. The molecule has 0 aliphatic carbocycles. The van der Waals surface area contributed by atoms with Gasteiger partial charge in [-0.25, -0.2) is 4.68 Å². The number of nitrogens with zero attached hydrogens (tertiary/aromatic N) is 3. The zero-order chi connectivity index (χ0) is 14.9. The van der Waals surface area contributed by atoms with Gasteiger partial charge in [-0.3, -0.25) is 0 Å². The molecule has 4 heteroatoms. The van der Waals surface area contributed by atoms with Crippen LogP contribution in [0.3, 0.4) is 0 Å². The number of anilines is 1. The molecule has 1 aliphatic rings. The Morgan fingerprint density at radius 2 is 1.77 bits per heavy atom. The second-order valence-corrected chi connectivity index (χ2v) is 5.80. The van der Waals surface area contributed by atoms with E-state index in [-0.39, 0.29) is 12.1 Å². The molecule has 3 aromatic rings. The van der Waals surface area contributed by atoms with Gasteiger partial charge in [-0.15, -0.1) is 0 Å². The van der Waals surface area contributed by atoms with Crippen LogP contribution in [0.5, 0.6) is 0 Å². The van der Waals surface area contributed by atoms with Crippen LogP contribution in [0.25, 0.3) is 0 Å². The van der Waals surface area contributed by atoms with E-state index in [1.165, 1.54) is 16.7 Å². The van der Waals surface area contributed by atoms with E-state index in [1.54, 1.807) is 6.33 Å². The van der Waals surface area contributed by atoms with Crippen LogP contribution in [0, 0.1) is 6.92 Å². The van der Waals surface area contributed by atoms with Gasteiger partial charge in [-0.05, 0) is 24.5 Å². The molecule has 0 unspecified atom stereocenters. The first kappa shape index (κ1) is 13.1. The van der Waals surface area contributed by atoms with Crippen LogP contribution in [0.2, 0.25) is 0 Å². The van der Waals surface area contributed by atoms with Crippen molar-refractivity contribution in [3.63, 3.8) is 0 Å². The van der Waals surface area contributed by atoms with Gasteiger partial charge in [0.25, 0.3) is 0 Å². The summed E-state index contributed by atoms with van der Waals surface area (Å²) in [7, 11) is 0. The van der Waals surface area contributed by atoms with E-state index in [1.807, 2.05) is 10.7 Å². The van der Waals surface area contributed by atoms with Crippen LogP contribution in [-0.4, -0.2) is 14.8 Å². The minimum absolute atomic E-state index is 0.214. The number of aryl methyl sites for hydroxylation is 1. The minimum atomic E-state index is 0.214. The van der Waals surface area contributed by atoms with E-state index in [0.29, 0.717) is 0 Å². The Bertz CT molecular complexity index is 761. The fourth-order valence-electron chi connectivity index (χ4n) is 3.09. The summed E-state index contributed by atoms with van der Waals surface area (Å²) in [6, 6.07) is 19.7. The van der Waals surface area contributed by atoms with Gasteiger partial charge in [0, 0.05) is 0 Å². The lowest BCUT2D eigenvalue weighted by atomic mass is 9.93. The first-order valence-electron chi connectivity index (χ1n) is 7.59. The normalized spacial score (nSPS) is 20.2. The monoisotopic (exact) mass is 290 g/mol. The molecule has 1 N–H and O–H groups in total. The van der Waals surface area contributed by atoms with E-state index in [2.05, 4.69) is 70.9 Å². The van der Waals surface area contributed by atoms with Gasteiger partial charge in [0.1, 0.15) is 6.33 Å². The molecule has 2 atom stereocenters. The van der Waals surface area contributed by atoms with Gasteiger partial charge >= 0.3 is 0 Å². The molecule has 22 heavy (non-hydrogen) atoms. The molecule has 0 saturated heterocycles. The third-order valence-corrected chi connectivity index (χ3v) is 4.29. The number of aromatic nitrogens is 3. The lowest BCUT2D eigenvalue weighted by Crippen LogP contribution is -2.28. The maximum Gasteiger partial charge on any atom is 0.222 e. The number of hydrogen-bond acceptors (Lipinski definition) is 3. The summed E-state index contributed by atoms with van der Waals surface area (Å²) in [5.74, 6) is 0.839. The molecular formula is C18H18N4. The fraction of sp³-hybridized carbons (Fsp3) is 0.222. The number of nitrogens with one attached hydrogen (secondary N) is 1. The van der Waals surface area contributed by atoms with Crippen LogP contribution >= 0.6 is 0 Å². The highest BCUT2D eigenvalue weighted by Crippen LogP contribution is 2.37. The Hall–Kier alpha value is -2.62. The maximum absolute atomic E-state index is 4.40. The average molecular weight is 290 g/mol. The number of fused-ring (bicyclic) bond motifs is 1. The number of hydrogen-bond donors (Lipinski definition) is 1. The summed E-state index contributed by atoms with van der Waals surface area (Å²) in [4.78, 5) is 4.37. The van der Waals surface area contributed by atoms with Crippen molar-refractivity contribution in [1.82, 2.24) is 14.8 Å². The molecule has 0 saturated carbocycles. The summed E-state index contributed by atoms with van der Waals surface area (Å²) in [6.45, 7) is 2.11. The van der Waals surface area contributed by atoms with Crippen LogP contribution in [-0.2, 0) is 0 Å². The van der Waals surface area contributed by atoms with Gasteiger partial charge in [0.15, 0.2) is 0 Å². The van der Waals surface area contributed by atoms with Crippen LogP contribution in [0.1, 0.15) is 35.2 Å². The van der Waals surface area contributed by atoms with Crippen molar-refractivity contribution in [2.45, 2.75) is 25.4 Å². The van der Waals surface area contributed by atoms with Crippen molar-refractivity contribution in [3.05, 3.63) is 77.6 Å². The van der Waals surface area contributed by atoms with Crippen LogP contribution in [0.15, 0.2) is 60.9 Å². The Morgan fingerprint density at radius 3 is 2.55 bits per heavy atom. The van der Waals surface area contributed by atoms with E-state index < -0.39 is 0 Å². The van der Waals surface area contributed by atoms with Gasteiger partial charge < -0.3 is 5.32 Å². The standard InChI is InChI=1S/C18H18N4/c1-13-7-9-14(10-8-13)16-11-17(15-5-3-2-4-6-15)22-18(21-16)19-12-20-22/h2-10,12,16-17H,11H2,1H3,(H,19,20,21)/t16-,17-/m1/s1. The molecule has 0 radical (unpaired) electrons. The summed E-state index contributed by atoms with van der Waals surface area (Å²) >= 11 is 0. The third kappa shape index (κ3) is 2.26.